The number of aryl methyl sites for hydroxylation is 1. The summed E-state index contributed by atoms with van der Waals surface area (Å²) in [4.78, 5) is 23.9. The number of amides is 1. The van der Waals surface area contributed by atoms with E-state index in [2.05, 4.69) is 12.2 Å². The van der Waals surface area contributed by atoms with Crippen molar-refractivity contribution in [3.05, 3.63) is 65.7 Å². The number of anilines is 1. The van der Waals surface area contributed by atoms with E-state index in [1.807, 2.05) is 42.5 Å². The molecule has 0 heterocycles. The summed E-state index contributed by atoms with van der Waals surface area (Å²) in [6.45, 7) is 2.17. The molecule has 0 aromatic heterocycles. The number of Topliss-reactive ketones (excluding diaryl/α,β-unsaturated/α-hetero) is 1. The van der Waals surface area contributed by atoms with Crippen LogP contribution in [0.4, 0.5) is 5.69 Å². The van der Waals surface area contributed by atoms with Crippen LogP contribution in [0, 0.1) is 0 Å². The van der Waals surface area contributed by atoms with Crippen molar-refractivity contribution in [1.29, 1.82) is 0 Å². The van der Waals surface area contributed by atoms with Gasteiger partial charge in [-0.05, 0) is 30.5 Å². The number of carbonyl (C=O) groups excluding carboxylic acids is 2. The van der Waals surface area contributed by atoms with E-state index in [1.165, 1.54) is 18.4 Å². The fourth-order valence-electron chi connectivity index (χ4n) is 2.35. The first-order valence-electron chi connectivity index (χ1n) is 8.16. The van der Waals surface area contributed by atoms with Crippen LogP contribution in [0.25, 0.3) is 0 Å². The summed E-state index contributed by atoms with van der Waals surface area (Å²) in [5.41, 5.74) is 2.71. The molecule has 0 radical (unpaired) electrons. The molecule has 3 heteroatoms. The van der Waals surface area contributed by atoms with Crippen molar-refractivity contribution >= 4 is 17.4 Å². The molecule has 0 saturated carbocycles. The van der Waals surface area contributed by atoms with Gasteiger partial charge in [0.25, 0.3) is 0 Å². The van der Waals surface area contributed by atoms with Crippen LogP contribution >= 0.6 is 0 Å². The average molecular weight is 309 g/mol. The molecule has 0 unspecified atom stereocenters. The molecule has 0 aliphatic rings. The number of unbranched alkanes of at least 4 members (excludes halogenated alkanes) is 1. The third-order valence-corrected chi connectivity index (χ3v) is 3.73. The molecule has 3 nitrogen and oxygen atoms in total. The van der Waals surface area contributed by atoms with E-state index in [0.717, 1.165) is 12.1 Å². The van der Waals surface area contributed by atoms with Gasteiger partial charge in [-0.15, -0.1) is 0 Å². The second-order valence-corrected chi connectivity index (χ2v) is 5.64. The van der Waals surface area contributed by atoms with Gasteiger partial charge in [0, 0.05) is 24.1 Å². The second-order valence-electron chi connectivity index (χ2n) is 5.64. The zero-order valence-corrected chi connectivity index (χ0v) is 13.5. The van der Waals surface area contributed by atoms with Crippen LogP contribution in [0.1, 0.15) is 48.5 Å². The molecule has 0 spiro atoms. The van der Waals surface area contributed by atoms with E-state index in [4.69, 9.17) is 0 Å². The number of benzene rings is 2. The van der Waals surface area contributed by atoms with Gasteiger partial charge in [-0.2, -0.15) is 0 Å². The number of hydrogen-bond acceptors (Lipinski definition) is 2. The number of ketones is 1. The topological polar surface area (TPSA) is 46.2 Å². The Balaban J connectivity index is 1.79. The second kappa shape index (κ2) is 8.89. The molecule has 0 fully saturated rings. The Labute approximate surface area is 137 Å². The standard InChI is InChI=1S/C20H23NO2/c1-2-3-7-16-10-12-18(13-11-16)21-20(23)15-14-19(22)17-8-5-4-6-9-17/h4-6,8-13H,2-3,7,14-15H2,1H3,(H,21,23). The van der Waals surface area contributed by atoms with Gasteiger partial charge in [0.2, 0.25) is 5.91 Å². The number of nitrogens with one attached hydrogen (secondary N) is 1. The van der Waals surface area contributed by atoms with E-state index < -0.39 is 0 Å². The minimum atomic E-state index is -0.129. The van der Waals surface area contributed by atoms with E-state index >= 15 is 0 Å². The molecule has 2 aromatic carbocycles. The maximum Gasteiger partial charge on any atom is 0.224 e. The predicted molar refractivity (Wildman–Crippen MR) is 93.7 cm³/mol. The molecular weight excluding hydrogens is 286 g/mol. The largest absolute Gasteiger partial charge is 0.326 e. The third kappa shape index (κ3) is 5.70. The van der Waals surface area contributed by atoms with Gasteiger partial charge in [-0.1, -0.05) is 55.8 Å². The molecule has 23 heavy (non-hydrogen) atoms. The Kier molecular flexibility index (Phi) is 6.55. The number of rotatable bonds is 8. The highest BCUT2D eigenvalue weighted by atomic mass is 16.2. The highest BCUT2D eigenvalue weighted by Gasteiger charge is 2.09. The Morgan fingerprint density at radius 3 is 2.26 bits per heavy atom. The van der Waals surface area contributed by atoms with Gasteiger partial charge in [0.05, 0.1) is 0 Å². The summed E-state index contributed by atoms with van der Waals surface area (Å²) in [5.74, 6) is -0.133. The first-order valence-corrected chi connectivity index (χ1v) is 8.16. The molecule has 120 valence electrons. The van der Waals surface area contributed by atoms with Crippen LogP contribution in [0.2, 0.25) is 0 Å². The van der Waals surface area contributed by atoms with Crippen molar-refractivity contribution in [1.82, 2.24) is 0 Å². The molecule has 2 aromatic rings. The number of carbonyl (C=O) groups is 2. The molecule has 0 bridgehead atoms. The highest BCUT2D eigenvalue weighted by Crippen LogP contribution is 2.13. The normalized spacial score (nSPS) is 10.3. The van der Waals surface area contributed by atoms with Crippen molar-refractivity contribution in [3.63, 3.8) is 0 Å². The van der Waals surface area contributed by atoms with Crippen molar-refractivity contribution in [2.75, 3.05) is 5.32 Å². The summed E-state index contributed by atoms with van der Waals surface area (Å²) in [5, 5.41) is 2.84. The Morgan fingerprint density at radius 2 is 1.61 bits per heavy atom. The zero-order valence-electron chi connectivity index (χ0n) is 13.5. The first-order chi connectivity index (χ1) is 11.2. The van der Waals surface area contributed by atoms with Crippen molar-refractivity contribution in [2.24, 2.45) is 0 Å². The van der Waals surface area contributed by atoms with Gasteiger partial charge >= 0.3 is 0 Å². The first kappa shape index (κ1) is 16.9. The lowest BCUT2D eigenvalue weighted by Gasteiger charge is -2.06. The van der Waals surface area contributed by atoms with Crippen LogP contribution in [-0.4, -0.2) is 11.7 Å². The van der Waals surface area contributed by atoms with Gasteiger partial charge in [-0.3, -0.25) is 9.59 Å². The Morgan fingerprint density at radius 1 is 0.913 bits per heavy atom. The zero-order chi connectivity index (χ0) is 16.5. The molecule has 1 N–H and O–H groups in total. The summed E-state index contributed by atoms with van der Waals surface area (Å²) in [7, 11) is 0. The third-order valence-electron chi connectivity index (χ3n) is 3.73. The number of hydrogen-bond donors (Lipinski definition) is 1. The van der Waals surface area contributed by atoms with Crippen molar-refractivity contribution < 1.29 is 9.59 Å². The van der Waals surface area contributed by atoms with Gasteiger partial charge in [-0.25, -0.2) is 0 Å². The minimum Gasteiger partial charge on any atom is -0.326 e. The van der Waals surface area contributed by atoms with Gasteiger partial charge in [0.15, 0.2) is 5.78 Å². The molecule has 0 saturated heterocycles. The van der Waals surface area contributed by atoms with E-state index in [0.29, 0.717) is 5.56 Å². The van der Waals surface area contributed by atoms with Crippen molar-refractivity contribution in [2.45, 2.75) is 39.0 Å². The van der Waals surface area contributed by atoms with Crippen LogP contribution in [0.5, 0.6) is 0 Å². The lowest BCUT2D eigenvalue weighted by atomic mass is 10.1. The van der Waals surface area contributed by atoms with Crippen molar-refractivity contribution in [3.8, 4) is 0 Å². The van der Waals surface area contributed by atoms with Gasteiger partial charge < -0.3 is 5.32 Å². The van der Waals surface area contributed by atoms with E-state index in [9.17, 15) is 9.59 Å². The van der Waals surface area contributed by atoms with Crippen LogP contribution in [0.3, 0.4) is 0 Å². The Hall–Kier alpha value is -2.42. The van der Waals surface area contributed by atoms with Crippen LogP contribution in [0.15, 0.2) is 54.6 Å². The molecule has 0 atom stereocenters. The molecule has 0 aliphatic heterocycles. The summed E-state index contributed by atoms with van der Waals surface area (Å²) >= 11 is 0. The van der Waals surface area contributed by atoms with Gasteiger partial charge in [0.1, 0.15) is 0 Å². The lowest BCUT2D eigenvalue weighted by molar-refractivity contribution is -0.116. The minimum absolute atomic E-state index is 0.00402. The lowest BCUT2D eigenvalue weighted by Crippen LogP contribution is -2.13. The molecule has 0 aliphatic carbocycles. The van der Waals surface area contributed by atoms with E-state index in [1.54, 1.807) is 12.1 Å². The maximum atomic E-state index is 12.0. The monoisotopic (exact) mass is 309 g/mol. The van der Waals surface area contributed by atoms with E-state index in [-0.39, 0.29) is 24.5 Å². The van der Waals surface area contributed by atoms with Crippen LogP contribution in [-0.2, 0) is 11.2 Å². The quantitative estimate of drug-likeness (QED) is 0.723. The summed E-state index contributed by atoms with van der Waals surface area (Å²) in [6.07, 6.45) is 3.84. The SMILES string of the molecule is CCCCc1ccc(NC(=O)CCC(=O)c2ccccc2)cc1. The summed E-state index contributed by atoms with van der Waals surface area (Å²) < 4.78 is 0. The fraction of sp³-hybridized carbons (Fsp3) is 0.300. The van der Waals surface area contributed by atoms with Crippen LogP contribution < -0.4 is 5.32 Å². The molecular formula is C20H23NO2. The highest BCUT2D eigenvalue weighted by molar-refractivity contribution is 5.99. The average Bonchev–Trinajstić information content (AvgIpc) is 2.60. The smallest absolute Gasteiger partial charge is 0.224 e. The molecule has 1 amide bonds. The molecule has 2 rings (SSSR count). The summed E-state index contributed by atoms with van der Waals surface area (Å²) in [6, 6.07) is 17.0. The fourth-order valence-corrected chi connectivity index (χ4v) is 2.35. The predicted octanol–water partition coefficient (Wildman–Crippen LogP) is 4.63. The maximum absolute atomic E-state index is 12.0. The Bertz CT molecular complexity index is 632.